The van der Waals surface area contributed by atoms with Gasteiger partial charge in [0.1, 0.15) is 11.6 Å². The van der Waals surface area contributed by atoms with Crippen molar-refractivity contribution in [2.75, 3.05) is 7.11 Å². The summed E-state index contributed by atoms with van der Waals surface area (Å²) in [4.78, 5) is 13.8. The van der Waals surface area contributed by atoms with E-state index in [1.807, 2.05) is 36.6 Å². The van der Waals surface area contributed by atoms with Crippen molar-refractivity contribution in [3.8, 4) is 28.0 Å². The minimum atomic E-state index is -0.343. The molecule has 0 aromatic heterocycles. The molecule has 4 heteroatoms. The molecule has 4 aromatic rings. The average molecular weight is 552 g/mol. The van der Waals surface area contributed by atoms with Gasteiger partial charge in [-0.3, -0.25) is 4.79 Å². The summed E-state index contributed by atoms with van der Waals surface area (Å²) in [5, 5.41) is 5.74. The molecule has 2 aliphatic carbocycles. The fourth-order valence-electron chi connectivity index (χ4n) is 6.44. The highest BCUT2D eigenvalue weighted by atomic mass is 19.1. The Morgan fingerprint density at radius 1 is 0.881 bits per heavy atom. The largest absolute Gasteiger partial charge is 0.497 e. The summed E-state index contributed by atoms with van der Waals surface area (Å²) in [6, 6.07) is 25.2. The van der Waals surface area contributed by atoms with Crippen LogP contribution in [0.2, 0.25) is 0 Å². The molecule has 0 spiro atoms. The van der Waals surface area contributed by atoms with Crippen molar-refractivity contribution in [3.05, 3.63) is 148 Å². The van der Waals surface area contributed by atoms with E-state index in [1.165, 1.54) is 39.6 Å². The lowest BCUT2D eigenvalue weighted by Crippen LogP contribution is -2.40. The van der Waals surface area contributed by atoms with Crippen molar-refractivity contribution in [2.45, 2.75) is 18.8 Å². The van der Waals surface area contributed by atoms with Crippen molar-refractivity contribution < 1.29 is 13.9 Å². The molecular weight excluding hydrogens is 521 g/mol. The minimum absolute atomic E-state index is 0.00927. The number of rotatable bonds is 5. The lowest BCUT2D eigenvalue weighted by molar-refractivity contribution is 0.0943. The number of Topliss-reactive ketones (excluding diaryl/α,β-unsaturated/α-hetero) is 1. The van der Waals surface area contributed by atoms with Crippen LogP contribution in [0.1, 0.15) is 33.8 Å². The number of nitrogens with one attached hydrogen (secondary N) is 1. The van der Waals surface area contributed by atoms with Crippen LogP contribution in [0.5, 0.6) is 5.75 Å². The molecule has 0 amide bonds. The van der Waals surface area contributed by atoms with Crippen LogP contribution in [0.15, 0.2) is 115 Å². The van der Waals surface area contributed by atoms with Crippen LogP contribution in [0.25, 0.3) is 34.4 Å². The third kappa shape index (κ3) is 4.69. The number of carbonyl (C=O) groups excluding carboxylic acids is 1. The van der Waals surface area contributed by atoms with Crippen molar-refractivity contribution in [3.63, 3.8) is 0 Å². The predicted octanol–water partition coefficient (Wildman–Crippen LogP) is 6.83. The quantitative estimate of drug-likeness (QED) is 0.277. The zero-order chi connectivity index (χ0) is 28.6. The Balaban J connectivity index is 1.38. The van der Waals surface area contributed by atoms with Gasteiger partial charge in [0.05, 0.1) is 7.11 Å². The second-order valence-electron chi connectivity index (χ2n) is 11.0. The van der Waals surface area contributed by atoms with Gasteiger partial charge >= 0.3 is 0 Å². The Kier molecular flexibility index (Phi) is 6.67. The molecule has 206 valence electrons. The number of halogens is 1. The topological polar surface area (TPSA) is 38.3 Å². The summed E-state index contributed by atoms with van der Waals surface area (Å²) in [5.74, 6) is 0.174. The Hall–Kier alpha value is -4.96. The molecular formula is C38H30FNO2. The molecule has 3 nitrogen and oxygen atoms in total. The smallest absolute Gasteiger partial charge is 0.169 e. The van der Waals surface area contributed by atoms with E-state index in [4.69, 9.17) is 4.74 Å². The van der Waals surface area contributed by atoms with E-state index in [0.717, 1.165) is 34.2 Å². The van der Waals surface area contributed by atoms with E-state index in [9.17, 15) is 9.18 Å². The monoisotopic (exact) mass is 551 g/mol. The molecule has 0 saturated heterocycles. The molecule has 1 N–H and O–H groups in total. The number of hydrogen-bond donors (Lipinski definition) is 1. The Morgan fingerprint density at radius 3 is 2.60 bits per heavy atom. The van der Waals surface area contributed by atoms with Gasteiger partial charge in [0.25, 0.3) is 0 Å². The van der Waals surface area contributed by atoms with Gasteiger partial charge in [0.2, 0.25) is 0 Å². The first-order chi connectivity index (χ1) is 20.6. The fraction of sp³-hybridized carbons (Fsp3) is 0.132. The number of methoxy groups -OCH3 is 1. The molecule has 0 saturated carbocycles. The summed E-state index contributed by atoms with van der Waals surface area (Å²) in [6.07, 6.45) is 15.9. The van der Waals surface area contributed by atoms with E-state index < -0.39 is 0 Å². The molecule has 1 aliphatic heterocycles. The first kappa shape index (κ1) is 26.0. The van der Waals surface area contributed by atoms with Crippen molar-refractivity contribution in [1.29, 1.82) is 0 Å². The van der Waals surface area contributed by atoms with E-state index in [0.29, 0.717) is 12.0 Å². The van der Waals surface area contributed by atoms with Crippen LogP contribution < -0.4 is 20.5 Å². The van der Waals surface area contributed by atoms with E-state index in [1.54, 1.807) is 19.2 Å². The zero-order valence-corrected chi connectivity index (χ0v) is 23.3. The number of hydrogen-bond acceptors (Lipinski definition) is 3. The number of fused-ring (bicyclic) bond motifs is 5. The number of allylic oxidation sites excluding steroid dienone is 5. The fourth-order valence-corrected chi connectivity index (χ4v) is 6.44. The Morgan fingerprint density at radius 2 is 1.74 bits per heavy atom. The number of carbonyl (C=O) groups is 1. The van der Waals surface area contributed by atoms with E-state index in [2.05, 4.69) is 66.0 Å². The molecule has 1 heterocycles. The molecule has 42 heavy (non-hydrogen) atoms. The van der Waals surface area contributed by atoms with Gasteiger partial charge in [0, 0.05) is 29.3 Å². The molecule has 4 aromatic carbocycles. The zero-order valence-electron chi connectivity index (χ0n) is 23.3. The third-order valence-electron chi connectivity index (χ3n) is 8.57. The Bertz CT molecular complexity index is 1930. The minimum Gasteiger partial charge on any atom is -0.497 e. The molecule has 2 unspecified atom stereocenters. The second kappa shape index (κ2) is 10.8. The molecule has 3 aliphatic rings. The Labute approximate surface area is 244 Å². The molecule has 0 radical (unpaired) electrons. The molecule has 7 rings (SSSR count). The third-order valence-corrected chi connectivity index (χ3v) is 8.57. The SMILES string of the molecule is COc1cccc(-c2ccc3c(c2)-c2ccc4c(c2=CC3)=CC(C(=O)c2ccc(F)cc2)CC4C2=CC=CC=CN2)c1. The maximum absolute atomic E-state index is 13.8. The average Bonchev–Trinajstić information content (AvgIpc) is 3.33. The van der Waals surface area contributed by atoms with Crippen LogP contribution in [-0.4, -0.2) is 12.9 Å². The van der Waals surface area contributed by atoms with Crippen molar-refractivity contribution in [2.24, 2.45) is 5.92 Å². The summed E-state index contributed by atoms with van der Waals surface area (Å²) < 4.78 is 19.1. The van der Waals surface area contributed by atoms with Crippen molar-refractivity contribution >= 4 is 17.9 Å². The highest BCUT2D eigenvalue weighted by molar-refractivity contribution is 6.01. The van der Waals surface area contributed by atoms with E-state index in [-0.39, 0.29) is 23.4 Å². The van der Waals surface area contributed by atoms with Gasteiger partial charge < -0.3 is 10.1 Å². The van der Waals surface area contributed by atoms with Gasteiger partial charge in [-0.05, 0) is 111 Å². The standard InChI is InChI=1S/C38H30FNO2/c1-42-30-7-5-6-26(20-30)27-10-9-24-13-16-32-31(34(24)21-27)17-18-33-35(32)22-28(38(41)25-11-14-29(39)15-12-25)23-36(33)37-8-3-2-4-19-40-37/h2-12,14-22,28,36,40H,13,23H2,1H3. The highest BCUT2D eigenvalue weighted by Gasteiger charge is 2.31. The molecule has 2 atom stereocenters. The number of benzene rings is 4. The summed E-state index contributed by atoms with van der Waals surface area (Å²) in [5.41, 5.74) is 8.71. The summed E-state index contributed by atoms with van der Waals surface area (Å²) >= 11 is 0. The number of ketones is 1. The van der Waals surface area contributed by atoms with Gasteiger partial charge in [0.15, 0.2) is 5.78 Å². The first-order valence-electron chi connectivity index (χ1n) is 14.3. The second-order valence-corrected chi connectivity index (χ2v) is 11.0. The summed E-state index contributed by atoms with van der Waals surface area (Å²) in [7, 11) is 1.69. The van der Waals surface area contributed by atoms with E-state index >= 15 is 0 Å². The lowest BCUT2D eigenvalue weighted by Gasteiger charge is -2.30. The normalized spacial score (nSPS) is 18.2. The summed E-state index contributed by atoms with van der Waals surface area (Å²) in [6.45, 7) is 0. The van der Waals surface area contributed by atoms with Crippen molar-refractivity contribution in [1.82, 2.24) is 5.32 Å². The van der Waals surface area contributed by atoms with Crippen LogP contribution in [0, 0.1) is 11.7 Å². The maximum Gasteiger partial charge on any atom is 0.169 e. The number of ether oxygens (including phenoxy) is 1. The van der Waals surface area contributed by atoms with Crippen LogP contribution in [0.3, 0.4) is 0 Å². The molecule has 0 fully saturated rings. The molecule has 0 bridgehead atoms. The van der Waals surface area contributed by atoms with Gasteiger partial charge in [-0.1, -0.05) is 60.7 Å². The van der Waals surface area contributed by atoms with Crippen LogP contribution >= 0.6 is 0 Å². The van der Waals surface area contributed by atoms with Gasteiger partial charge in [-0.25, -0.2) is 4.39 Å². The van der Waals surface area contributed by atoms with Gasteiger partial charge in [-0.15, -0.1) is 0 Å². The lowest BCUT2D eigenvalue weighted by atomic mass is 9.75. The van der Waals surface area contributed by atoms with Crippen LogP contribution in [-0.2, 0) is 6.42 Å². The maximum atomic E-state index is 13.8. The predicted molar refractivity (Wildman–Crippen MR) is 167 cm³/mol. The highest BCUT2D eigenvalue weighted by Crippen LogP contribution is 2.36. The van der Waals surface area contributed by atoms with Crippen LogP contribution in [0.4, 0.5) is 4.39 Å². The first-order valence-corrected chi connectivity index (χ1v) is 14.3. The van der Waals surface area contributed by atoms with Gasteiger partial charge in [-0.2, -0.15) is 0 Å².